The zero-order valence-corrected chi connectivity index (χ0v) is 15.3. The van der Waals surface area contributed by atoms with Gasteiger partial charge >= 0.3 is 5.97 Å². The van der Waals surface area contributed by atoms with Gasteiger partial charge in [0.2, 0.25) is 0 Å². The maximum absolute atomic E-state index is 11.1. The first-order valence-electron chi connectivity index (χ1n) is 7.66. The number of carbonyl (C=O) groups excluding carboxylic acids is 1. The van der Waals surface area contributed by atoms with Crippen LogP contribution in [0.3, 0.4) is 0 Å². The van der Waals surface area contributed by atoms with Gasteiger partial charge in [0, 0.05) is 27.7 Å². The number of halogens is 2. The lowest BCUT2D eigenvalue weighted by Gasteiger charge is -2.11. The lowest BCUT2D eigenvalue weighted by molar-refractivity contribution is -0.134. The van der Waals surface area contributed by atoms with Gasteiger partial charge in [-0.05, 0) is 36.2 Å². The normalized spacial score (nSPS) is 12.2. The number of esters is 1. The van der Waals surface area contributed by atoms with Crippen molar-refractivity contribution in [2.45, 2.75) is 19.1 Å². The van der Waals surface area contributed by atoms with E-state index in [4.69, 9.17) is 33.7 Å². The van der Waals surface area contributed by atoms with E-state index in [0.717, 1.165) is 11.1 Å². The molecule has 0 saturated heterocycles. The Balaban J connectivity index is 1.91. The van der Waals surface area contributed by atoms with Crippen molar-refractivity contribution in [1.29, 1.82) is 0 Å². The molecule has 132 valence electrons. The van der Waals surface area contributed by atoms with E-state index in [1.807, 2.05) is 24.3 Å². The molecule has 0 heterocycles. The number of rotatable bonds is 7. The molecule has 0 aliphatic rings. The molecule has 0 saturated carbocycles. The van der Waals surface area contributed by atoms with Crippen molar-refractivity contribution in [3.05, 3.63) is 75.8 Å². The summed E-state index contributed by atoms with van der Waals surface area (Å²) < 4.78 is 10.3. The molecule has 0 aliphatic carbocycles. The molecular weight excluding hydrogens is 361 g/mol. The fourth-order valence-corrected chi connectivity index (χ4v) is 2.66. The van der Waals surface area contributed by atoms with Gasteiger partial charge in [0.1, 0.15) is 12.4 Å². The summed E-state index contributed by atoms with van der Waals surface area (Å²) in [5.74, 6) is 0.288. The predicted molar refractivity (Wildman–Crippen MR) is 100 cm³/mol. The van der Waals surface area contributed by atoms with Gasteiger partial charge in [-0.25, -0.2) is 4.79 Å². The maximum atomic E-state index is 11.1. The van der Waals surface area contributed by atoms with E-state index in [1.165, 1.54) is 13.2 Å². The molecule has 25 heavy (non-hydrogen) atoms. The number of hydrogen-bond acceptors (Lipinski definition) is 4. The third kappa shape index (κ3) is 6.09. The highest BCUT2D eigenvalue weighted by Crippen LogP contribution is 2.26. The quantitative estimate of drug-likeness (QED) is 0.579. The third-order valence-electron chi connectivity index (χ3n) is 3.52. The van der Waals surface area contributed by atoms with Crippen molar-refractivity contribution in [2.75, 3.05) is 7.11 Å². The van der Waals surface area contributed by atoms with Crippen molar-refractivity contribution in [1.82, 2.24) is 0 Å². The summed E-state index contributed by atoms with van der Waals surface area (Å²) in [5.41, 5.74) is 7.75. The average molecular weight is 380 g/mol. The molecule has 0 amide bonds. The van der Waals surface area contributed by atoms with Crippen molar-refractivity contribution >= 4 is 29.2 Å². The molecule has 0 aromatic heterocycles. The second-order valence-electron chi connectivity index (χ2n) is 5.38. The molecule has 0 radical (unpaired) electrons. The highest BCUT2D eigenvalue weighted by Gasteiger charge is 2.07. The van der Waals surface area contributed by atoms with Crippen LogP contribution in [0.5, 0.6) is 5.75 Å². The molecule has 2 aromatic rings. The Morgan fingerprint density at radius 2 is 1.80 bits per heavy atom. The van der Waals surface area contributed by atoms with Crippen LogP contribution in [-0.4, -0.2) is 19.1 Å². The van der Waals surface area contributed by atoms with Gasteiger partial charge in [0.15, 0.2) is 0 Å². The topological polar surface area (TPSA) is 61.5 Å². The van der Waals surface area contributed by atoms with Crippen molar-refractivity contribution in [3.63, 3.8) is 0 Å². The minimum absolute atomic E-state index is 0.271. The van der Waals surface area contributed by atoms with Gasteiger partial charge in [-0.1, -0.05) is 47.5 Å². The second kappa shape index (κ2) is 9.47. The highest BCUT2D eigenvalue weighted by molar-refractivity contribution is 6.35. The smallest absolute Gasteiger partial charge is 0.330 e. The Morgan fingerprint density at radius 1 is 1.16 bits per heavy atom. The lowest BCUT2D eigenvalue weighted by atomic mass is 10.1. The van der Waals surface area contributed by atoms with Crippen LogP contribution in [0.15, 0.2) is 54.6 Å². The van der Waals surface area contributed by atoms with E-state index >= 15 is 0 Å². The fraction of sp³-hybridized carbons (Fsp3) is 0.211. The molecule has 4 nitrogen and oxygen atoms in total. The van der Waals surface area contributed by atoms with Crippen LogP contribution in [-0.2, 0) is 22.6 Å². The summed E-state index contributed by atoms with van der Waals surface area (Å²) in [6.45, 7) is 0.291. The zero-order chi connectivity index (χ0) is 18.2. The Labute approximate surface area is 157 Å². The predicted octanol–water partition coefficient (Wildman–Crippen LogP) is 4.17. The number of ether oxygens (including phenoxy) is 2. The zero-order valence-electron chi connectivity index (χ0n) is 13.7. The molecular formula is C19H19Cl2NO3. The van der Waals surface area contributed by atoms with E-state index < -0.39 is 5.97 Å². The van der Waals surface area contributed by atoms with E-state index in [9.17, 15) is 4.79 Å². The summed E-state index contributed by atoms with van der Waals surface area (Å²) in [7, 11) is 1.33. The van der Waals surface area contributed by atoms with E-state index in [-0.39, 0.29) is 6.04 Å². The minimum Gasteiger partial charge on any atom is -0.489 e. The molecule has 1 atom stereocenters. The summed E-state index contributed by atoms with van der Waals surface area (Å²) in [6, 6.07) is 12.6. The van der Waals surface area contributed by atoms with Gasteiger partial charge in [-0.15, -0.1) is 0 Å². The summed E-state index contributed by atoms with van der Waals surface area (Å²) in [4.78, 5) is 11.1. The number of carbonyl (C=O) groups is 1. The average Bonchev–Trinajstić information content (AvgIpc) is 2.60. The largest absolute Gasteiger partial charge is 0.489 e. The number of methoxy groups -OCH3 is 1. The van der Waals surface area contributed by atoms with Crippen LogP contribution in [0.2, 0.25) is 10.0 Å². The Hall–Kier alpha value is -2.01. The number of nitrogens with two attached hydrogens (primary N) is 1. The molecule has 0 aliphatic heterocycles. The molecule has 0 bridgehead atoms. The van der Waals surface area contributed by atoms with Crippen molar-refractivity contribution < 1.29 is 14.3 Å². The van der Waals surface area contributed by atoms with Gasteiger partial charge in [0.25, 0.3) is 0 Å². The van der Waals surface area contributed by atoms with Crippen LogP contribution in [0.1, 0.15) is 11.1 Å². The van der Waals surface area contributed by atoms with Crippen LogP contribution >= 0.6 is 23.2 Å². The standard InChI is InChI=1S/C19H19Cl2NO3/c1-24-19(23)10-7-14(22)11-13-5-8-15(9-6-13)25-12-16-17(20)3-2-4-18(16)21/h2-10,14H,11-12,22H2,1H3/b10-7+/t14-/m1/s1. The molecule has 2 N–H and O–H groups in total. The van der Waals surface area contributed by atoms with Gasteiger partial charge in [0.05, 0.1) is 7.11 Å². The van der Waals surface area contributed by atoms with Crippen molar-refractivity contribution in [3.8, 4) is 5.75 Å². The van der Waals surface area contributed by atoms with Gasteiger partial charge in [-0.2, -0.15) is 0 Å². The molecule has 2 rings (SSSR count). The Bertz CT molecular complexity index is 725. The summed E-state index contributed by atoms with van der Waals surface area (Å²) in [5, 5.41) is 1.15. The lowest BCUT2D eigenvalue weighted by Crippen LogP contribution is -2.20. The highest BCUT2D eigenvalue weighted by atomic mass is 35.5. The number of hydrogen-bond donors (Lipinski definition) is 1. The van der Waals surface area contributed by atoms with E-state index in [2.05, 4.69) is 4.74 Å². The Kier molecular flexibility index (Phi) is 7.31. The monoisotopic (exact) mass is 379 g/mol. The van der Waals surface area contributed by atoms with Gasteiger partial charge < -0.3 is 15.2 Å². The van der Waals surface area contributed by atoms with Crippen molar-refractivity contribution in [2.24, 2.45) is 5.73 Å². The summed E-state index contributed by atoms with van der Waals surface area (Å²) >= 11 is 12.2. The summed E-state index contributed by atoms with van der Waals surface area (Å²) in [6.07, 6.45) is 3.55. The van der Waals surface area contributed by atoms with Crippen LogP contribution in [0.25, 0.3) is 0 Å². The molecule has 6 heteroatoms. The van der Waals surface area contributed by atoms with E-state index in [0.29, 0.717) is 28.8 Å². The van der Waals surface area contributed by atoms with Crippen LogP contribution in [0, 0.1) is 0 Å². The van der Waals surface area contributed by atoms with Gasteiger partial charge in [-0.3, -0.25) is 0 Å². The molecule has 0 fully saturated rings. The maximum Gasteiger partial charge on any atom is 0.330 e. The van der Waals surface area contributed by atoms with Crippen LogP contribution in [0.4, 0.5) is 0 Å². The molecule has 0 spiro atoms. The second-order valence-corrected chi connectivity index (χ2v) is 6.20. The first-order valence-corrected chi connectivity index (χ1v) is 8.41. The fourth-order valence-electron chi connectivity index (χ4n) is 2.16. The molecule has 2 aromatic carbocycles. The number of benzene rings is 2. The first kappa shape index (κ1) is 19.3. The Morgan fingerprint density at radius 3 is 2.40 bits per heavy atom. The van der Waals surface area contributed by atoms with E-state index in [1.54, 1.807) is 24.3 Å². The molecule has 0 unspecified atom stereocenters. The minimum atomic E-state index is -0.419. The third-order valence-corrected chi connectivity index (χ3v) is 4.23. The first-order chi connectivity index (χ1) is 12.0. The SMILES string of the molecule is COC(=O)/C=C/[C@@H](N)Cc1ccc(OCc2c(Cl)cccc2Cl)cc1. The van der Waals surface area contributed by atoms with Crippen LogP contribution < -0.4 is 10.5 Å².